The van der Waals surface area contributed by atoms with Crippen molar-refractivity contribution < 1.29 is 80.2 Å². The molecule has 560 valence electrons. The number of aliphatic hydroxyl groups is 1. The van der Waals surface area contributed by atoms with E-state index in [-0.39, 0.29) is 25.7 Å². The van der Waals surface area contributed by atoms with Gasteiger partial charge in [-0.2, -0.15) is 0 Å². The van der Waals surface area contributed by atoms with Crippen molar-refractivity contribution in [2.75, 3.05) is 39.6 Å². The molecule has 96 heavy (non-hydrogen) atoms. The van der Waals surface area contributed by atoms with Gasteiger partial charge in [0.25, 0.3) is 0 Å². The van der Waals surface area contributed by atoms with Crippen molar-refractivity contribution in [2.24, 2.45) is 0 Å². The zero-order valence-corrected chi connectivity index (χ0v) is 62.8. The molecule has 0 aromatic heterocycles. The highest BCUT2D eigenvalue weighted by atomic mass is 31.2. The quantitative estimate of drug-likeness (QED) is 0.0169. The van der Waals surface area contributed by atoms with Crippen LogP contribution in [0.25, 0.3) is 0 Å². The molecule has 0 saturated heterocycles. The van der Waals surface area contributed by atoms with Crippen molar-refractivity contribution >= 4 is 39.5 Å². The van der Waals surface area contributed by atoms with Crippen LogP contribution in [0.5, 0.6) is 0 Å². The molecule has 5 atom stereocenters. The molecule has 0 rings (SSSR count). The zero-order valence-electron chi connectivity index (χ0n) is 61.1. The average Bonchev–Trinajstić information content (AvgIpc) is 1.22. The largest absolute Gasteiger partial charge is 0.472 e. The smallest absolute Gasteiger partial charge is 0.462 e. The van der Waals surface area contributed by atoms with Gasteiger partial charge in [0.05, 0.1) is 26.4 Å². The molecule has 2 unspecified atom stereocenters. The second kappa shape index (κ2) is 70.2. The summed E-state index contributed by atoms with van der Waals surface area (Å²) in [5.74, 6) is -2.19. The van der Waals surface area contributed by atoms with Crippen LogP contribution in [-0.4, -0.2) is 96.7 Å². The molecular formula is C77H140O17P2. The van der Waals surface area contributed by atoms with Crippen LogP contribution in [0, 0.1) is 0 Å². The van der Waals surface area contributed by atoms with Crippen LogP contribution in [-0.2, 0) is 65.4 Å². The number of ether oxygens (including phenoxy) is 4. The minimum atomic E-state index is -4.97. The molecule has 0 saturated carbocycles. The molecule has 0 aliphatic heterocycles. The third-order valence-electron chi connectivity index (χ3n) is 16.4. The van der Waals surface area contributed by atoms with E-state index >= 15 is 0 Å². The highest BCUT2D eigenvalue weighted by Gasteiger charge is 2.30. The Kier molecular flexibility index (Phi) is 67.8. The Labute approximate surface area is 584 Å². The number of hydrogen-bond donors (Lipinski definition) is 3. The molecule has 0 bridgehead atoms. The molecule has 0 fully saturated rings. The Hall–Kier alpha value is -3.24. The average molecular weight is 1400 g/mol. The van der Waals surface area contributed by atoms with Crippen molar-refractivity contribution in [3.63, 3.8) is 0 Å². The Morgan fingerprint density at radius 2 is 0.552 bits per heavy atom. The number of hydrogen-bond acceptors (Lipinski definition) is 15. The molecule has 0 aliphatic rings. The zero-order chi connectivity index (χ0) is 70.4. The van der Waals surface area contributed by atoms with Crippen LogP contribution in [0.2, 0.25) is 0 Å². The lowest BCUT2D eigenvalue weighted by molar-refractivity contribution is -0.161. The molecule has 0 aliphatic carbocycles. The standard InChI is InChI=1S/C77H140O17P2/c1-5-9-13-17-21-25-29-33-36-39-42-45-49-53-57-61-74(79)87-67-72(93-76(81)63-59-55-51-47-41-32-28-24-20-16-12-8-4)69-91-95(83,84)89-65-71(78)66-90-96(85,86)92-70-73(94-77(82)64-60-56-52-48-44-38-35-31-27-23-19-15-11-7-3)68-88-75(80)62-58-54-50-46-43-40-37-34-30-26-22-18-14-10-6-2/h12,16,19,23,31,33-37,71-73,78H,5-11,13-15,17-18,20-22,24-30,32,38-70H2,1-4H3,(H,83,84)(H,85,86)/b16-12+,23-19+,35-31+,36-33+,37-34+/t71-,72+,73+/m0/s1. The van der Waals surface area contributed by atoms with Crippen LogP contribution >= 0.6 is 15.6 Å². The van der Waals surface area contributed by atoms with Gasteiger partial charge in [-0.25, -0.2) is 9.13 Å². The van der Waals surface area contributed by atoms with Crippen molar-refractivity contribution in [3.05, 3.63) is 60.8 Å². The van der Waals surface area contributed by atoms with E-state index in [1.807, 2.05) is 0 Å². The highest BCUT2D eigenvalue weighted by Crippen LogP contribution is 2.45. The van der Waals surface area contributed by atoms with Crippen molar-refractivity contribution in [3.8, 4) is 0 Å². The van der Waals surface area contributed by atoms with Gasteiger partial charge in [0.15, 0.2) is 12.2 Å². The molecule has 0 amide bonds. The lowest BCUT2D eigenvalue weighted by atomic mass is 10.1. The van der Waals surface area contributed by atoms with Crippen LogP contribution in [0.15, 0.2) is 60.8 Å². The fourth-order valence-corrected chi connectivity index (χ4v) is 12.1. The fourth-order valence-electron chi connectivity index (χ4n) is 10.5. The molecule has 0 heterocycles. The van der Waals surface area contributed by atoms with Gasteiger partial charge in [0.2, 0.25) is 0 Å². The van der Waals surface area contributed by atoms with Gasteiger partial charge in [-0.3, -0.25) is 37.3 Å². The number of aliphatic hydroxyl groups excluding tert-OH is 1. The Morgan fingerprint density at radius 1 is 0.302 bits per heavy atom. The second-order valence-electron chi connectivity index (χ2n) is 25.9. The molecule has 0 aromatic rings. The maximum atomic E-state index is 13.1. The van der Waals surface area contributed by atoms with Gasteiger partial charge in [-0.15, -0.1) is 0 Å². The molecule has 0 spiro atoms. The van der Waals surface area contributed by atoms with Crippen molar-refractivity contribution in [2.45, 2.75) is 367 Å². The van der Waals surface area contributed by atoms with E-state index in [0.29, 0.717) is 25.7 Å². The number of phosphoric ester groups is 2. The topological polar surface area (TPSA) is 237 Å². The van der Waals surface area contributed by atoms with Gasteiger partial charge in [-0.05, 0) is 122 Å². The summed E-state index contributed by atoms with van der Waals surface area (Å²) < 4.78 is 68.4. The van der Waals surface area contributed by atoms with E-state index < -0.39 is 97.5 Å². The van der Waals surface area contributed by atoms with Crippen LogP contribution in [0.1, 0.15) is 349 Å². The number of carbonyl (C=O) groups is 4. The summed E-state index contributed by atoms with van der Waals surface area (Å²) in [6.07, 6.45) is 67.8. The summed E-state index contributed by atoms with van der Waals surface area (Å²) in [5, 5.41) is 10.6. The summed E-state index contributed by atoms with van der Waals surface area (Å²) in [4.78, 5) is 72.8. The van der Waals surface area contributed by atoms with E-state index in [4.69, 9.17) is 37.0 Å². The third-order valence-corrected chi connectivity index (χ3v) is 18.3. The summed E-state index contributed by atoms with van der Waals surface area (Å²) in [7, 11) is -9.94. The summed E-state index contributed by atoms with van der Waals surface area (Å²) in [6, 6.07) is 0. The number of esters is 4. The number of carbonyl (C=O) groups excluding carboxylic acids is 4. The second-order valence-corrected chi connectivity index (χ2v) is 28.8. The van der Waals surface area contributed by atoms with Gasteiger partial charge in [-0.1, -0.05) is 262 Å². The van der Waals surface area contributed by atoms with Gasteiger partial charge in [0, 0.05) is 25.7 Å². The van der Waals surface area contributed by atoms with Crippen LogP contribution in [0.4, 0.5) is 0 Å². The normalized spacial score (nSPS) is 14.3. The Morgan fingerprint density at radius 3 is 0.865 bits per heavy atom. The SMILES string of the molecule is CC/C=C/CCCCCCCCCCC(=O)O[C@H](COC(=O)CCCCCCC/C=C/CCCCCCCC)COP(=O)(O)OC[C@H](O)COP(=O)(O)OC[C@@H](COC(=O)CCCCCCC/C=C/CCCCCCCC)OC(=O)CCCCCCC/C=C/C/C=C/CCCC. The molecule has 0 aromatic carbocycles. The van der Waals surface area contributed by atoms with E-state index in [0.717, 1.165) is 161 Å². The first-order chi connectivity index (χ1) is 46.7. The fraction of sp³-hybridized carbons (Fsp3) is 0.818. The molecular weight excluding hydrogens is 1260 g/mol. The molecule has 0 radical (unpaired) electrons. The minimum Gasteiger partial charge on any atom is -0.462 e. The minimum absolute atomic E-state index is 0.0808. The molecule has 3 N–H and O–H groups in total. The van der Waals surface area contributed by atoms with Gasteiger partial charge >= 0.3 is 39.5 Å². The maximum absolute atomic E-state index is 13.1. The van der Waals surface area contributed by atoms with Crippen LogP contribution < -0.4 is 0 Å². The predicted molar refractivity (Wildman–Crippen MR) is 390 cm³/mol. The first-order valence-electron chi connectivity index (χ1n) is 38.5. The number of allylic oxidation sites excluding steroid dienone is 10. The van der Waals surface area contributed by atoms with Crippen molar-refractivity contribution in [1.29, 1.82) is 0 Å². The van der Waals surface area contributed by atoms with E-state index in [2.05, 4.69) is 88.5 Å². The number of unbranched alkanes of at least 4 members (excludes halogenated alkanes) is 37. The Bertz CT molecular complexity index is 2060. The maximum Gasteiger partial charge on any atom is 0.472 e. The summed E-state index contributed by atoms with van der Waals surface area (Å²) in [6.45, 7) is 4.74. The monoisotopic (exact) mass is 1400 g/mol. The van der Waals surface area contributed by atoms with Crippen molar-refractivity contribution in [1.82, 2.24) is 0 Å². The molecule has 17 nitrogen and oxygen atoms in total. The third kappa shape index (κ3) is 69.2. The van der Waals surface area contributed by atoms with E-state index in [1.165, 1.54) is 109 Å². The summed E-state index contributed by atoms with van der Waals surface area (Å²) >= 11 is 0. The van der Waals surface area contributed by atoms with Crippen LogP contribution in [0.3, 0.4) is 0 Å². The number of rotatable bonds is 73. The molecule has 19 heteroatoms. The van der Waals surface area contributed by atoms with E-state index in [9.17, 15) is 43.2 Å². The highest BCUT2D eigenvalue weighted by molar-refractivity contribution is 7.47. The number of phosphoric acid groups is 2. The van der Waals surface area contributed by atoms with Gasteiger partial charge < -0.3 is 33.8 Å². The summed E-state index contributed by atoms with van der Waals surface area (Å²) in [5.41, 5.74) is 0. The Balaban J connectivity index is 5.32. The lowest BCUT2D eigenvalue weighted by Crippen LogP contribution is -2.30. The predicted octanol–water partition coefficient (Wildman–Crippen LogP) is 21.9. The van der Waals surface area contributed by atoms with Gasteiger partial charge in [0.1, 0.15) is 19.3 Å². The first-order valence-corrected chi connectivity index (χ1v) is 41.5. The lowest BCUT2D eigenvalue weighted by Gasteiger charge is -2.21. The van der Waals surface area contributed by atoms with E-state index in [1.54, 1.807) is 0 Å². The first kappa shape index (κ1) is 92.8.